The van der Waals surface area contributed by atoms with Gasteiger partial charge in [-0.15, -0.1) is 0 Å². The molecule has 0 aromatic carbocycles. The molecular formula is C9H17N5O. The van der Waals surface area contributed by atoms with Crippen molar-refractivity contribution in [3.05, 3.63) is 6.07 Å². The highest BCUT2D eigenvalue weighted by Crippen LogP contribution is 2.11. The van der Waals surface area contributed by atoms with Gasteiger partial charge in [-0.25, -0.2) is 0 Å². The molecule has 6 heteroatoms. The summed E-state index contributed by atoms with van der Waals surface area (Å²) in [7, 11) is 0. The molecule has 5 N–H and O–H groups in total. The SMILES string of the molecule is CCCNc1cc(NCCO)nc(N)n1. The number of nitrogens with two attached hydrogens (primary N) is 1. The summed E-state index contributed by atoms with van der Waals surface area (Å²) in [6.45, 7) is 3.42. The lowest BCUT2D eigenvalue weighted by molar-refractivity contribution is 0.311. The molecule has 15 heavy (non-hydrogen) atoms. The van der Waals surface area contributed by atoms with E-state index < -0.39 is 0 Å². The van der Waals surface area contributed by atoms with Crippen LogP contribution in [0.15, 0.2) is 6.07 Å². The maximum absolute atomic E-state index is 8.65. The molecule has 0 amide bonds. The van der Waals surface area contributed by atoms with Gasteiger partial charge in [0, 0.05) is 19.2 Å². The molecule has 1 aromatic rings. The van der Waals surface area contributed by atoms with Crippen molar-refractivity contribution in [2.24, 2.45) is 0 Å². The van der Waals surface area contributed by atoms with Crippen LogP contribution in [0.25, 0.3) is 0 Å². The van der Waals surface area contributed by atoms with Gasteiger partial charge in [-0.2, -0.15) is 9.97 Å². The van der Waals surface area contributed by atoms with E-state index in [1.165, 1.54) is 0 Å². The molecule has 1 aromatic heterocycles. The molecule has 0 spiro atoms. The molecule has 0 saturated heterocycles. The third kappa shape index (κ3) is 3.99. The van der Waals surface area contributed by atoms with Crippen molar-refractivity contribution in [2.75, 3.05) is 36.1 Å². The van der Waals surface area contributed by atoms with E-state index in [0.29, 0.717) is 18.2 Å². The second-order valence-electron chi connectivity index (χ2n) is 3.07. The quantitative estimate of drug-likeness (QED) is 0.540. The number of nitrogens with one attached hydrogen (secondary N) is 2. The lowest BCUT2D eigenvalue weighted by Crippen LogP contribution is -2.10. The van der Waals surface area contributed by atoms with Crippen molar-refractivity contribution >= 4 is 17.6 Å². The summed E-state index contributed by atoms with van der Waals surface area (Å²) in [6.07, 6.45) is 1.02. The smallest absolute Gasteiger partial charge is 0.223 e. The molecule has 0 aliphatic carbocycles. The standard InChI is InChI=1S/C9H17N5O/c1-2-3-11-7-6-8(12-4-5-15)14-9(10)13-7/h6,15H,2-5H2,1H3,(H4,10,11,12,13,14). The van der Waals surface area contributed by atoms with Crippen molar-refractivity contribution in [3.8, 4) is 0 Å². The number of aliphatic hydroxyl groups is 1. The number of aliphatic hydroxyl groups excluding tert-OH is 1. The molecule has 0 aliphatic rings. The molecule has 0 fully saturated rings. The zero-order valence-electron chi connectivity index (χ0n) is 8.82. The Bertz CT molecular complexity index is 278. The second-order valence-corrected chi connectivity index (χ2v) is 3.07. The predicted octanol–water partition coefficient (Wildman–Crippen LogP) is 0.285. The van der Waals surface area contributed by atoms with Gasteiger partial charge in [0.1, 0.15) is 11.6 Å². The third-order valence-electron chi connectivity index (χ3n) is 1.72. The van der Waals surface area contributed by atoms with Crippen molar-refractivity contribution in [3.63, 3.8) is 0 Å². The number of aromatic nitrogens is 2. The summed E-state index contributed by atoms with van der Waals surface area (Å²) in [5, 5.41) is 14.7. The largest absolute Gasteiger partial charge is 0.395 e. The number of nitrogens with zero attached hydrogens (tertiary/aromatic N) is 2. The number of hydrogen-bond acceptors (Lipinski definition) is 6. The molecule has 0 bridgehead atoms. The van der Waals surface area contributed by atoms with Gasteiger partial charge >= 0.3 is 0 Å². The highest BCUT2D eigenvalue weighted by atomic mass is 16.3. The van der Waals surface area contributed by atoms with Crippen LogP contribution in [0.5, 0.6) is 0 Å². The first kappa shape index (κ1) is 11.5. The Morgan fingerprint density at radius 3 is 2.40 bits per heavy atom. The Hall–Kier alpha value is -1.56. The summed E-state index contributed by atoms with van der Waals surface area (Å²) in [5.41, 5.74) is 5.54. The Morgan fingerprint density at radius 2 is 1.87 bits per heavy atom. The minimum absolute atomic E-state index is 0.0572. The van der Waals surface area contributed by atoms with Crippen LogP contribution in [-0.2, 0) is 0 Å². The van der Waals surface area contributed by atoms with E-state index in [2.05, 4.69) is 27.5 Å². The van der Waals surface area contributed by atoms with Crippen LogP contribution in [-0.4, -0.2) is 34.8 Å². The average molecular weight is 211 g/mol. The van der Waals surface area contributed by atoms with Gasteiger partial charge in [0.05, 0.1) is 6.61 Å². The summed E-state index contributed by atoms with van der Waals surface area (Å²) in [5.74, 6) is 1.54. The Labute approximate surface area is 88.9 Å². The molecule has 1 rings (SSSR count). The number of nitrogen functional groups attached to an aromatic ring is 1. The van der Waals surface area contributed by atoms with Crippen LogP contribution in [0.2, 0.25) is 0 Å². The van der Waals surface area contributed by atoms with Crippen LogP contribution >= 0.6 is 0 Å². The normalized spacial score (nSPS) is 10.0. The van der Waals surface area contributed by atoms with Crippen molar-refractivity contribution in [1.29, 1.82) is 0 Å². The Morgan fingerprint density at radius 1 is 1.27 bits per heavy atom. The fourth-order valence-electron chi connectivity index (χ4n) is 1.08. The molecular weight excluding hydrogens is 194 g/mol. The molecule has 0 saturated carbocycles. The Balaban J connectivity index is 2.66. The molecule has 6 nitrogen and oxygen atoms in total. The van der Waals surface area contributed by atoms with Gasteiger partial charge in [-0.05, 0) is 6.42 Å². The first-order chi connectivity index (χ1) is 7.26. The highest BCUT2D eigenvalue weighted by molar-refractivity contribution is 5.50. The van der Waals surface area contributed by atoms with E-state index in [4.69, 9.17) is 10.8 Å². The molecule has 1 heterocycles. The van der Waals surface area contributed by atoms with Crippen LogP contribution in [0.3, 0.4) is 0 Å². The van der Waals surface area contributed by atoms with Gasteiger partial charge in [-0.1, -0.05) is 6.92 Å². The van der Waals surface area contributed by atoms with E-state index >= 15 is 0 Å². The van der Waals surface area contributed by atoms with Crippen molar-refractivity contribution < 1.29 is 5.11 Å². The van der Waals surface area contributed by atoms with Crippen LogP contribution < -0.4 is 16.4 Å². The fraction of sp³-hybridized carbons (Fsp3) is 0.556. The predicted molar refractivity (Wildman–Crippen MR) is 60.8 cm³/mol. The molecule has 84 valence electrons. The van der Waals surface area contributed by atoms with Crippen LogP contribution in [0.4, 0.5) is 17.6 Å². The summed E-state index contributed by atoms with van der Waals surface area (Å²) < 4.78 is 0. The van der Waals surface area contributed by atoms with E-state index in [-0.39, 0.29) is 12.6 Å². The first-order valence-electron chi connectivity index (χ1n) is 4.99. The summed E-state index contributed by atoms with van der Waals surface area (Å²) in [4.78, 5) is 8.02. The van der Waals surface area contributed by atoms with Crippen LogP contribution in [0, 0.1) is 0 Å². The van der Waals surface area contributed by atoms with E-state index in [9.17, 15) is 0 Å². The Kier molecular flexibility index (Phi) is 4.62. The number of anilines is 3. The van der Waals surface area contributed by atoms with Gasteiger partial charge in [0.2, 0.25) is 5.95 Å². The monoisotopic (exact) mass is 211 g/mol. The molecule has 0 unspecified atom stereocenters. The molecule has 0 radical (unpaired) electrons. The lowest BCUT2D eigenvalue weighted by Gasteiger charge is -2.08. The zero-order chi connectivity index (χ0) is 11.1. The number of hydrogen-bond donors (Lipinski definition) is 4. The lowest BCUT2D eigenvalue weighted by atomic mass is 10.4. The van der Waals surface area contributed by atoms with Gasteiger partial charge in [0.25, 0.3) is 0 Å². The van der Waals surface area contributed by atoms with Crippen molar-refractivity contribution in [1.82, 2.24) is 9.97 Å². The summed E-state index contributed by atoms with van der Waals surface area (Å²) in [6, 6.07) is 1.77. The fourth-order valence-corrected chi connectivity index (χ4v) is 1.08. The maximum Gasteiger partial charge on any atom is 0.223 e. The molecule has 0 aliphatic heterocycles. The second kappa shape index (κ2) is 6.02. The minimum Gasteiger partial charge on any atom is -0.395 e. The highest BCUT2D eigenvalue weighted by Gasteiger charge is 2.00. The number of rotatable bonds is 6. The zero-order valence-corrected chi connectivity index (χ0v) is 8.82. The van der Waals surface area contributed by atoms with Gasteiger partial charge in [0.15, 0.2) is 0 Å². The van der Waals surface area contributed by atoms with Gasteiger partial charge in [-0.3, -0.25) is 0 Å². The van der Waals surface area contributed by atoms with E-state index in [1.54, 1.807) is 6.07 Å². The van der Waals surface area contributed by atoms with E-state index in [1.807, 2.05) is 0 Å². The van der Waals surface area contributed by atoms with Gasteiger partial charge < -0.3 is 21.5 Å². The molecule has 0 atom stereocenters. The average Bonchev–Trinajstić information content (AvgIpc) is 2.23. The topological polar surface area (TPSA) is 96.1 Å². The van der Waals surface area contributed by atoms with E-state index in [0.717, 1.165) is 13.0 Å². The first-order valence-corrected chi connectivity index (χ1v) is 4.99. The third-order valence-corrected chi connectivity index (χ3v) is 1.72. The van der Waals surface area contributed by atoms with Crippen LogP contribution in [0.1, 0.15) is 13.3 Å². The van der Waals surface area contributed by atoms with Crippen molar-refractivity contribution in [2.45, 2.75) is 13.3 Å². The summed E-state index contributed by atoms with van der Waals surface area (Å²) >= 11 is 0. The maximum atomic E-state index is 8.65. The minimum atomic E-state index is 0.0572.